The van der Waals surface area contributed by atoms with Crippen LogP contribution >= 0.6 is 0 Å². The number of hydrogen-bond acceptors (Lipinski definition) is 7. The molecule has 3 heterocycles. The normalized spacial score (nSPS) is 11.0. The molecule has 0 unspecified atom stereocenters. The van der Waals surface area contributed by atoms with Crippen molar-refractivity contribution >= 4 is 17.3 Å². The van der Waals surface area contributed by atoms with E-state index >= 15 is 0 Å². The maximum atomic E-state index is 5.47. The number of anilines is 2. The van der Waals surface area contributed by atoms with Crippen molar-refractivity contribution < 1.29 is 13.9 Å². The maximum absolute atomic E-state index is 5.47. The van der Waals surface area contributed by atoms with Crippen LogP contribution in [0.4, 0.5) is 11.5 Å². The van der Waals surface area contributed by atoms with Crippen LogP contribution < -0.4 is 14.8 Å². The summed E-state index contributed by atoms with van der Waals surface area (Å²) in [7, 11) is 3.25. The molecule has 0 fully saturated rings. The summed E-state index contributed by atoms with van der Waals surface area (Å²) in [6, 6.07) is 9.16. The van der Waals surface area contributed by atoms with Crippen LogP contribution in [0.1, 0.15) is 11.3 Å². The van der Waals surface area contributed by atoms with Crippen molar-refractivity contribution in [3.05, 3.63) is 47.9 Å². The predicted octanol–water partition coefficient (Wildman–Crippen LogP) is 3.76. The first-order chi connectivity index (χ1) is 13.1. The third-order valence-corrected chi connectivity index (χ3v) is 4.37. The van der Waals surface area contributed by atoms with E-state index in [0.717, 1.165) is 22.8 Å². The molecule has 3 aromatic heterocycles. The van der Waals surface area contributed by atoms with Gasteiger partial charge in [-0.2, -0.15) is 9.50 Å². The zero-order valence-electron chi connectivity index (χ0n) is 15.5. The lowest BCUT2D eigenvalue weighted by molar-refractivity contribution is 0.405. The van der Waals surface area contributed by atoms with Crippen LogP contribution in [0.25, 0.3) is 17.4 Å². The summed E-state index contributed by atoms with van der Waals surface area (Å²) in [4.78, 5) is 9.02. The highest BCUT2D eigenvalue weighted by Crippen LogP contribution is 2.33. The number of nitrogens with zero attached hydrogens (tertiary/aromatic N) is 4. The molecule has 8 heteroatoms. The Morgan fingerprint density at radius 3 is 2.63 bits per heavy atom. The van der Waals surface area contributed by atoms with Crippen molar-refractivity contribution in [2.75, 3.05) is 19.5 Å². The second kappa shape index (κ2) is 6.64. The third kappa shape index (κ3) is 2.95. The standard InChI is InChI=1S/C19H19N5O3/c1-11-12(2)20-19-22-17(16-6-5-9-27-16)23-24(19)18(11)21-14-10-13(25-3)7-8-15(14)26-4/h5-10,21H,1-4H3. The molecule has 1 aromatic carbocycles. The molecule has 1 N–H and O–H groups in total. The Labute approximate surface area is 155 Å². The molecule has 4 rings (SSSR count). The van der Waals surface area contributed by atoms with Gasteiger partial charge in [-0.05, 0) is 38.1 Å². The van der Waals surface area contributed by atoms with Crippen molar-refractivity contribution in [1.29, 1.82) is 0 Å². The number of fused-ring (bicyclic) bond motifs is 1. The van der Waals surface area contributed by atoms with E-state index < -0.39 is 0 Å². The SMILES string of the molecule is COc1ccc(OC)c(Nc2c(C)c(C)nc3nc(-c4ccco4)nn23)c1. The first kappa shape index (κ1) is 16.9. The average Bonchev–Trinajstić information content (AvgIpc) is 3.34. The van der Waals surface area contributed by atoms with Crippen LogP contribution in [0.2, 0.25) is 0 Å². The minimum Gasteiger partial charge on any atom is -0.497 e. The van der Waals surface area contributed by atoms with Gasteiger partial charge in [-0.25, -0.2) is 4.98 Å². The molecule has 0 aliphatic carbocycles. The van der Waals surface area contributed by atoms with E-state index in [1.165, 1.54) is 0 Å². The minimum atomic E-state index is 0.471. The molecule has 0 atom stereocenters. The van der Waals surface area contributed by atoms with Gasteiger partial charge in [0, 0.05) is 17.3 Å². The van der Waals surface area contributed by atoms with Crippen LogP contribution in [-0.2, 0) is 0 Å². The van der Waals surface area contributed by atoms with Crippen LogP contribution in [0.5, 0.6) is 11.5 Å². The van der Waals surface area contributed by atoms with E-state index in [1.54, 1.807) is 31.1 Å². The van der Waals surface area contributed by atoms with Gasteiger partial charge in [0.25, 0.3) is 5.78 Å². The molecular formula is C19H19N5O3. The molecule has 0 amide bonds. The molecule has 4 aromatic rings. The zero-order chi connectivity index (χ0) is 19.0. The smallest absolute Gasteiger partial charge is 0.255 e. The minimum absolute atomic E-state index is 0.471. The number of aryl methyl sites for hydroxylation is 1. The van der Waals surface area contributed by atoms with Gasteiger partial charge in [-0.3, -0.25) is 0 Å². The Balaban J connectivity index is 1.87. The van der Waals surface area contributed by atoms with Gasteiger partial charge in [-0.1, -0.05) is 0 Å². The molecule has 27 heavy (non-hydrogen) atoms. The molecule has 0 aliphatic heterocycles. The van der Waals surface area contributed by atoms with Gasteiger partial charge in [-0.15, -0.1) is 5.10 Å². The average molecular weight is 365 g/mol. The summed E-state index contributed by atoms with van der Waals surface area (Å²) >= 11 is 0. The van der Waals surface area contributed by atoms with Crippen molar-refractivity contribution in [2.45, 2.75) is 13.8 Å². The second-order valence-corrected chi connectivity index (χ2v) is 5.99. The zero-order valence-corrected chi connectivity index (χ0v) is 15.5. The van der Waals surface area contributed by atoms with E-state index in [0.29, 0.717) is 28.9 Å². The fourth-order valence-electron chi connectivity index (χ4n) is 2.79. The Kier molecular flexibility index (Phi) is 4.15. The van der Waals surface area contributed by atoms with E-state index in [1.807, 2.05) is 38.1 Å². The van der Waals surface area contributed by atoms with Crippen LogP contribution in [0.15, 0.2) is 41.0 Å². The maximum Gasteiger partial charge on any atom is 0.255 e. The Morgan fingerprint density at radius 2 is 1.93 bits per heavy atom. The molecular weight excluding hydrogens is 346 g/mol. The van der Waals surface area contributed by atoms with E-state index in [9.17, 15) is 0 Å². The molecule has 0 spiro atoms. The summed E-state index contributed by atoms with van der Waals surface area (Å²) in [5, 5.41) is 7.96. The number of aromatic nitrogens is 4. The molecule has 138 valence electrons. The van der Waals surface area contributed by atoms with Crippen LogP contribution in [0, 0.1) is 13.8 Å². The predicted molar refractivity (Wildman–Crippen MR) is 101 cm³/mol. The topological polar surface area (TPSA) is 86.7 Å². The molecule has 0 bridgehead atoms. The lowest BCUT2D eigenvalue weighted by atomic mass is 10.2. The molecule has 0 saturated carbocycles. The van der Waals surface area contributed by atoms with Crippen molar-refractivity contribution in [3.63, 3.8) is 0 Å². The van der Waals surface area contributed by atoms with Gasteiger partial charge in [0.15, 0.2) is 5.76 Å². The number of rotatable bonds is 5. The number of nitrogens with one attached hydrogen (secondary N) is 1. The second-order valence-electron chi connectivity index (χ2n) is 5.99. The monoisotopic (exact) mass is 365 g/mol. The van der Waals surface area contributed by atoms with Crippen molar-refractivity contribution in [1.82, 2.24) is 19.6 Å². The van der Waals surface area contributed by atoms with Gasteiger partial charge in [0.05, 0.1) is 26.2 Å². The van der Waals surface area contributed by atoms with E-state index in [2.05, 4.69) is 20.4 Å². The highest BCUT2D eigenvalue weighted by atomic mass is 16.5. The summed E-state index contributed by atoms with van der Waals surface area (Å²) < 4.78 is 17.9. The molecule has 0 saturated heterocycles. The Hall–Kier alpha value is -3.55. The summed E-state index contributed by atoms with van der Waals surface area (Å²) in [6.45, 7) is 3.91. The van der Waals surface area contributed by atoms with Crippen molar-refractivity contribution in [2.24, 2.45) is 0 Å². The lowest BCUT2D eigenvalue weighted by Gasteiger charge is -2.15. The number of methoxy groups -OCH3 is 2. The largest absolute Gasteiger partial charge is 0.497 e. The molecule has 0 radical (unpaired) electrons. The van der Waals surface area contributed by atoms with Crippen molar-refractivity contribution in [3.8, 4) is 23.1 Å². The first-order valence-electron chi connectivity index (χ1n) is 8.37. The number of ether oxygens (including phenoxy) is 2. The number of benzene rings is 1. The van der Waals surface area contributed by atoms with Crippen LogP contribution in [0.3, 0.4) is 0 Å². The lowest BCUT2D eigenvalue weighted by Crippen LogP contribution is -2.07. The highest BCUT2D eigenvalue weighted by molar-refractivity contribution is 5.70. The Bertz CT molecular complexity index is 1100. The fourth-order valence-corrected chi connectivity index (χ4v) is 2.79. The molecule has 0 aliphatic rings. The van der Waals surface area contributed by atoms with Gasteiger partial charge >= 0.3 is 0 Å². The van der Waals surface area contributed by atoms with Crippen LogP contribution in [-0.4, -0.2) is 33.8 Å². The summed E-state index contributed by atoms with van der Waals surface area (Å²) in [5.74, 6) is 3.68. The summed E-state index contributed by atoms with van der Waals surface area (Å²) in [6.07, 6.45) is 1.59. The number of hydrogen-bond donors (Lipinski definition) is 1. The van der Waals surface area contributed by atoms with Gasteiger partial charge in [0.1, 0.15) is 17.3 Å². The Morgan fingerprint density at radius 1 is 1.07 bits per heavy atom. The fraction of sp³-hybridized carbons (Fsp3) is 0.211. The van der Waals surface area contributed by atoms with Gasteiger partial charge < -0.3 is 19.2 Å². The van der Waals surface area contributed by atoms with Gasteiger partial charge in [0.2, 0.25) is 5.82 Å². The van der Waals surface area contributed by atoms with E-state index in [-0.39, 0.29) is 0 Å². The highest BCUT2D eigenvalue weighted by Gasteiger charge is 2.17. The first-order valence-corrected chi connectivity index (χ1v) is 8.37. The summed E-state index contributed by atoms with van der Waals surface area (Å²) in [5.41, 5.74) is 2.55. The van der Waals surface area contributed by atoms with E-state index in [4.69, 9.17) is 13.9 Å². The molecule has 8 nitrogen and oxygen atoms in total. The third-order valence-electron chi connectivity index (χ3n) is 4.37. The quantitative estimate of drug-likeness (QED) is 0.576. The number of furan rings is 1.